The normalized spacial score (nSPS) is 20.0. The number of aromatic carboxylic acids is 1. The van der Waals surface area contributed by atoms with E-state index in [4.69, 9.17) is 16.7 Å². The molecule has 0 aliphatic carbocycles. The van der Waals surface area contributed by atoms with Crippen molar-refractivity contribution in [1.82, 2.24) is 0 Å². The van der Waals surface area contributed by atoms with Gasteiger partial charge in [-0.05, 0) is 31.0 Å². The van der Waals surface area contributed by atoms with Crippen LogP contribution < -0.4 is 4.90 Å². The van der Waals surface area contributed by atoms with Crippen molar-refractivity contribution in [3.05, 3.63) is 28.8 Å². The van der Waals surface area contributed by atoms with Crippen molar-refractivity contribution in [2.45, 2.75) is 19.0 Å². The van der Waals surface area contributed by atoms with Gasteiger partial charge in [-0.2, -0.15) is 13.2 Å². The predicted octanol–water partition coefficient (Wildman–Crippen LogP) is 3.82. The van der Waals surface area contributed by atoms with Gasteiger partial charge in [0.1, 0.15) is 0 Å². The standard InChI is InChI=1S/C13H13ClF3NO2/c14-10-6-8(12(19)20)3-4-11(10)18-5-1-2-9(7-18)13(15,16)17/h3-4,6,9H,1-2,5,7H2,(H,19,20). The molecule has 1 atom stereocenters. The van der Waals surface area contributed by atoms with Crippen molar-refractivity contribution in [2.75, 3.05) is 18.0 Å². The molecule has 1 saturated heterocycles. The fourth-order valence-corrected chi connectivity index (χ4v) is 2.66. The van der Waals surface area contributed by atoms with Gasteiger partial charge in [0.2, 0.25) is 0 Å². The Labute approximate surface area is 118 Å². The molecule has 3 nitrogen and oxygen atoms in total. The van der Waals surface area contributed by atoms with Crippen LogP contribution in [0.4, 0.5) is 18.9 Å². The smallest absolute Gasteiger partial charge is 0.393 e. The van der Waals surface area contributed by atoms with Crippen LogP contribution >= 0.6 is 11.6 Å². The Balaban J connectivity index is 2.21. The SMILES string of the molecule is O=C(O)c1ccc(N2CCCC(C(F)(F)F)C2)c(Cl)c1. The van der Waals surface area contributed by atoms with E-state index in [0.29, 0.717) is 18.7 Å². The number of rotatable bonds is 2. The van der Waals surface area contributed by atoms with Crippen molar-refractivity contribution in [2.24, 2.45) is 5.92 Å². The molecule has 1 unspecified atom stereocenters. The minimum Gasteiger partial charge on any atom is -0.478 e. The summed E-state index contributed by atoms with van der Waals surface area (Å²) in [5.41, 5.74) is 0.466. The summed E-state index contributed by atoms with van der Waals surface area (Å²) in [6, 6.07) is 4.07. The predicted molar refractivity (Wildman–Crippen MR) is 69.4 cm³/mol. The summed E-state index contributed by atoms with van der Waals surface area (Å²) in [5, 5.41) is 9.00. The first-order valence-corrected chi connectivity index (χ1v) is 6.51. The average molecular weight is 308 g/mol. The number of nitrogens with zero attached hydrogens (tertiary/aromatic N) is 1. The van der Waals surface area contributed by atoms with Crippen molar-refractivity contribution in [3.8, 4) is 0 Å². The highest BCUT2D eigenvalue weighted by atomic mass is 35.5. The largest absolute Gasteiger partial charge is 0.478 e. The second kappa shape index (κ2) is 5.52. The van der Waals surface area contributed by atoms with Crippen LogP contribution in [-0.2, 0) is 0 Å². The van der Waals surface area contributed by atoms with E-state index >= 15 is 0 Å². The summed E-state index contributed by atoms with van der Waals surface area (Å²) in [5.74, 6) is -2.49. The number of hydrogen-bond acceptors (Lipinski definition) is 2. The van der Waals surface area contributed by atoms with E-state index in [9.17, 15) is 18.0 Å². The molecule has 1 heterocycles. The van der Waals surface area contributed by atoms with E-state index < -0.39 is 18.1 Å². The number of carbonyl (C=O) groups is 1. The quantitative estimate of drug-likeness (QED) is 0.903. The molecule has 0 spiro atoms. The maximum absolute atomic E-state index is 12.8. The zero-order chi connectivity index (χ0) is 14.9. The van der Waals surface area contributed by atoms with Crippen LogP contribution in [0, 0.1) is 5.92 Å². The molecule has 1 aliphatic heterocycles. The second-order valence-electron chi connectivity index (χ2n) is 4.80. The topological polar surface area (TPSA) is 40.5 Å². The lowest BCUT2D eigenvalue weighted by Crippen LogP contribution is -2.41. The third-order valence-corrected chi connectivity index (χ3v) is 3.72. The summed E-state index contributed by atoms with van der Waals surface area (Å²) in [6.07, 6.45) is -3.67. The molecule has 0 saturated carbocycles. The first-order chi connectivity index (χ1) is 9.29. The molecular formula is C13H13ClF3NO2. The second-order valence-corrected chi connectivity index (χ2v) is 5.21. The van der Waals surface area contributed by atoms with Crippen LogP contribution in [0.1, 0.15) is 23.2 Å². The van der Waals surface area contributed by atoms with Gasteiger partial charge in [-0.15, -0.1) is 0 Å². The Kier molecular flexibility index (Phi) is 4.13. The monoisotopic (exact) mass is 307 g/mol. The molecular weight excluding hydrogens is 295 g/mol. The van der Waals surface area contributed by atoms with E-state index in [1.807, 2.05) is 0 Å². The van der Waals surface area contributed by atoms with E-state index in [0.717, 1.165) is 0 Å². The number of benzene rings is 1. The summed E-state index contributed by atoms with van der Waals surface area (Å²) in [7, 11) is 0. The van der Waals surface area contributed by atoms with Gasteiger partial charge in [0.05, 0.1) is 22.2 Å². The van der Waals surface area contributed by atoms with Gasteiger partial charge in [-0.3, -0.25) is 0 Å². The molecule has 0 amide bonds. The van der Waals surface area contributed by atoms with E-state index in [-0.39, 0.29) is 23.6 Å². The molecule has 1 fully saturated rings. The first kappa shape index (κ1) is 15.0. The highest BCUT2D eigenvalue weighted by molar-refractivity contribution is 6.33. The van der Waals surface area contributed by atoms with Crippen LogP contribution in [-0.4, -0.2) is 30.3 Å². The number of alkyl halides is 3. The van der Waals surface area contributed by atoms with Gasteiger partial charge in [-0.25, -0.2) is 4.79 Å². The zero-order valence-electron chi connectivity index (χ0n) is 10.5. The lowest BCUT2D eigenvalue weighted by Gasteiger charge is -2.35. The first-order valence-electron chi connectivity index (χ1n) is 6.13. The Morgan fingerprint density at radius 3 is 2.65 bits per heavy atom. The molecule has 2 rings (SSSR count). The van der Waals surface area contributed by atoms with Gasteiger partial charge >= 0.3 is 12.1 Å². The summed E-state index contributed by atoms with van der Waals surface area (Å²) < 4.78 is 38.3. The van der Waals surface area contributed by atoms with Crippen molar-refractivity contribution in [1.29, 1.82) is 0 Å². The van der Waals surface area contributed by atoms with Gasteiger partial charge in [0.15, 0.2) is 0 Å². The average Bonchev–Trinajstić information content (AvgIpc) is 2.37. The molecule has 1 aliphatic rings. The van der Waals surface area contributed by atoms with Crippen LogP contribution in [0.25, 0.3) is 0 Å². The maximum atomic E-state index is 12.8. The molecule has 1 N–H and O–H groups in total. The molecule has 20 heavy (non-hydrogen) atoms. The third-order valence-electron chi connectivity index (χ3n) is 3.42. The van der Waals surface area contributed by atoms with Crippen molar-refractivity contribution >= 4 is 23.3 Å². The Bertz CT molecular complexity index is 519. The van der Waals surface area contributed by atoms with Crippen LogP contribution in [0.3, 0.4) is 0 Å². The van der Waals surface area contributed by atoms with Gasteiger partial charge in [0.25, 0.3) is 0 Å². The summed E-state index contributed by atoms with van der Waals surface area (Å²) in [6.45, 7) is 0.342. The van der Waals surface area contributed by atoms with Crippen molar-refractivity contribution in [3.63, 3.8) is 0 Å². The number of carboxylic acid groups (broad SMARTS) is 1. The highest BCUT2D eigenvalue weighted by Crippen LogP contribution is 2.36. The Morgan fingerprint density at radius 1 is 1.40 bits per heavy atom. The number of anilines is 1. The molecule has 0 bridgehead atoms. The summed E-state index contributed by atoms with van der Waals surface area (Å²) >= 11 is 5.98. The minimum atomic E-state index is -4.22. The molecule has 7 heteroatoms. The Hall–Kier alpha value is -1.43. The molecule has 110 valence electrons. The number of halogens is 4. The lowest BCUT2D eigenvalue weighted by atomic mass is 9.97. The zero-order valence-corrected chi connectivity index (χ0v) is 11.2. The fourth-order valence-electron chi connectivity index (χ4n) is 2.36. The number of hydrogen-bond donors (Lipinski definition) is 1. The lowest BCUT2D eigenvalue weighted by molar-refractivity contribution is -0.175. The number of carboxylic acids is 1. The van der Waals surface area contributed by atoms with Crippen LogP contribution in [0.2, 0.25) is 5.02 Å². The van der Waals surface area contributed by atoms with E-state index in [2.05, 4.69) is 0 Å². The van der Waals surface area contributed by atoms with Gasteiger partial charge < -0.3 is 10.0 Å². The molecule has 1 aromatic rings. The number of piperidine rings is 1. The minimum absolute atomic E-state index is 0.0168. The van der Waals surface area contributed by atoms with Crippen molar-refractivity contribution < 1.29 is 23.1 Å². The Morgan fingerprint density at radius 2 is 2.10 bits per heavy atom. The van der Waals surface area contributed by atoms with Crippen LogP contribution in [0.5, 0.6) is 0 Å². The van der Waals surface area contributed by atoms with Gasteiger partial charge in [-0.1, -0.05) is 11.6 Å². The van der Waals surface area contributed by atoms with E-state index in [1.54, 1.807) is 4.90 Å². The molecule has 1 aromatic carbocycles. The highest BCUT2D eigenvalue weighted by Gasteiger charge is 2.42. The summed E-state index contributed by atoms with van der Waals surface area (Å²) in [4.78, 5) is 12.4. The van der Waals surface area contributed by atoms with E-state index in [1.165, 1.54) is 18.2 Å². The maximum Gasteiger partial charge on any atom is 0.393 e. The fraction of sp³-hybridized carbons (Fsp3) is 0.462. The molecule has 0 radical (unpaired) electrons. The van der Waals surface area contributed by atoms with Crippen LogP contribution in [0.15, 0.2) is 18.2 Å². The third kappa shape index (κ3) is 3.17. The van der Waals surface area contributed by atoms with Gasteiger partial charge in [0, 0.05) is 13.1 Å². The molecule has 0 aromatic heterocycles.